The van der Waals surface area contributed by atoms with Gasteiger partial charge in [-0.1, -0.05) is 0 Å². The van der Waals surface area contributed by atoms with Gasteiger partial charge >= 0.3 is 0 Å². The molecule has 2 heterocycles. The summed E-state index contributed by atoms with van der Waals surface area (Å²) < 4.78 is 5.59. The van der Waals surface area contributed by atoms with E-state index in [1.165, 1.54) is 5.56 Å². The molecular weight excluding hydrogens is 282 g/mol. The summed E-state index contributed by atoms with van der Waals surface area (Å²) in [5.74, 6) is 0. The summed E-state index contributed by atoms with van der Waals surface area (Å²) in [5, 5.41) is 3.18. The lowest BCUT2D eigenvalue weighted by molar-refractivity contribution is 0.0760. The maximum absolute atomic E-state index is 5.59. The lowest BCUT2D eigenvalue weighted by atomic mass is 10.1. The van der Waals surface area contributed by atoms with Crippen LogP contribution in [-0.2, 0) is 11.3 Å². The van der Waals surface area contributed by atoms with E-state index in [-0.39, 0.29) is 6.10 Å². The van der Waals surface area contributed by atoms with Crippen LogP contribution in [0.2, 0.25) is 0 Å². The lowest BCUT2D eigenvalue weighted by Gasteiger charge is -2.24. The van der Waals surface area contributed by atoms with Crippen LogP contribution >= 0.6 is 11.3 Å². The molecule has 0 bridgehead atoms. The fourth-order valence-corrected chi connectivity index (χ4v) is 3.01. The Bertz CT molecular complexity index is 543. The van der Waals surface area contributed by atoms with E-state index in [0.29, 0.717) is 6.04 Å². The van der Waals surface area contributed by atoms with E-state index in [4.69, 9.17) is 4.74 Å². The monoisotopic (exact) mass is 305 g/mol. The standard InChI is InChI=1S/C16H23N3OS/c1-5-20-13(3)16-18-15(11-21-16)10-19(4)12(2)14-6-8-17-9-7-14/h6-9,11-13H,5,10H2,1-4H3/t12-,13+/m1/s1. The highest BCUT2D eigenvalue weighted by Gasteiger charge is 2.15. The van der Waals surface area contributed by atoms with Gasteiger partial charge in [-0.05, 0) is 45.5 Å². The zero-order valence-electron chi connectivity index (χ0n) is 13.1. The van der Waals surface area contributed by atoms with Crippen LogP contribution in [0.15, 0.2) is 29.9 Å². The van der Waals surface area contributed by atoms with Gasteiger partial charge in [0.05, 0.1) is 5.69 Å². The fourth-order valence-electron chi connectivity index (χ4n) is 2.19. The molecule has 5 heteroatoms. The molecule has 0 aliphatic rings. The molecule has 2 aromatic rings. The van der Waals surface area contributed by atoms with E-state index in [2.05, 4.69) is 53.3 Å². The second kappa shape index (κ2) is 7.64. The first-order chi connectivity index (χ1) is 10.1. The van der Waals surface area contributed by atoms with Crippen molar-refractivity contribution in [1.29, 1.82) is 0 Å². The molecule has 0 fully saturated rings. The van der Waals surface area contributed by atoms with Gasteiger partial charge in [0.15, 0.2) is 0 Å². The van der Waals surface area contributed by atoms with E-state index in [1.54, 1.807) is 11.3 Å². The molecule has 0 aliphatic carbocycles. The number of aromatic nitrogens is 2. The van der Waals surface area contributed by atoms with Gasteiger partial charge in [0.1, 0.15) is 11.1 Å². The molecule has 2 aromatic heterocycles. The number of pyridine rings is 1. The Kier molecular flexibility index (Phi) is 5.85. The molecule has 0 unspecified atom stereocenters. The van der Waals surface area contributed by atoms with Crippen LogP contribution < -0.4 is 0 Å². The summed E-state index contributed by atoms with van der Waals surface area (Å²) >= 11 is 1.67. The molecule has 4 nitrogen and oxygen atoms in total. The first-order valence-electron chi connectivity index (χ1n) is 7.27. The zero-order valence-corrected chi connectivity index (χ0v) is 13.9. The van der Waals surface area contributed by atoms with Crippen LogP contribution in [0, 0.1) is 0 Å². The molecule has 0 aromatic carbocycles. The largest absolute Gasteiger partial charge is 0.372 e. The van der Waals surface area contributed by atoms with Gasteiger partial charge in [-0.25, -0.2) is 4.98 Å². The van der Waals surface area contributed by atoms with Gasteiger partial charge in [-0.15, -0.1) is 11.3 Å². The number of thiazole rings is 1. The highest BCUT2D eigenvalue weighted by molar-refractivity contribution is 7.09. The zero-order chi connectivity index (χ0) is 15.2. The van der Waals surface area contributed by atoms with Crippen molar-refractivity contribution < 1.29 is 4.74 Å². The highest BCUT2D eigenvalue weighted by Crippen LogP contribution is 2.24. The molecule has 2 rings (SSSR count). The van der Waals surface area contributed by atoms with E-state index in [0.717, 1.165) is 23.9 Å². The molecule has 0 saturated carbocycles. The van der Waals surface area contributed by atoms with Crippen LogP contribution in [0.1, 0.15) is 49.2 Å². The molecule has 0 amide bonds. The third-order valence-electron chi connectivity index (χ3n) is 3.60. The minimum Gasteiger partial charge on any atom is -0.372 e. The van der Waals surface area contributed by atoms with Crippen LogP contribution in [0.3, 0.4) is 0 Å². The number of rotatable bonds is 7. The average Bonchev–Trinajstić information content (AvgIpc) is 2.96. The summed E-state index contributed by atoms with van der Waals surface area (Å²) in [4.78, 5) is 11.0. The summed E-state index contributed by atoms with van der Waals surface area (Å²) in [5.41, 5.74) is 2.37. The van der Waals surface area contributed by atoms with Gasteiger partial charge in [0, 0.05) is 37.0 Å². The van der Waals surface area contributed by atoms with Crippen molar-refractivity contribution >= 4 is 11.3 Å². The van der Waals surface area contributed by atoms with Crippen molar-refractivity contribution in [3.8, 4) is 0 Å². The van der Waals surface area contributed by atoms with Gasteiger partial charge in [-0.3, -0.25) is 9.88 Å². The van der Waals surface area contributed by atoms with Crippen molar-refractivity contribution in [3.05, 3.63) is 46.2 Å². The Labute approximate surface area is 130 Å². The molecule has 114 valence electrons. The van der Waals surface area contributed by atoms with Crippen LogP contribution in [-0.4, -0.2) is 28.5 Å². The van der Waals surface area contributed by atoms with Crippen molar-refractivity contribution in [3.63, 3.8) is 0 Å². The van der Waals surface area contributed by atoms with E-state index >= 15 is 0 Å². The van der Waals surface area contributed by atoms with E-state index in [1.807, 2.05) is 19.3 Å². The molecular formula is C16H23N3OS. The van der Waals surface area contributed by atoms with E-state index < -0.39 is 0 Å². The van der Waals surface area contributed by atoms with Gasteiger partial charge in [-0.2, -0.15) is 0 Å². The average molecular weight is 305 g/mol. The summed E-state index contributed by atoms with van der Waals surface area (Å²) in [6.07, 6.45) is 3.76. The second-order valence-electron chi connectivity index (χ2n) is 5.15. The predicted molar refractivity (Wildman–Crippen MR) is 86.3 cm³/mol. The van der Waals surface area contributed by atoms with Crippen molar-refractivity contribution in [2.75, 3.05) is 13.7 Å². The minimum atomic E-state index is 0.0803. The summed E-state index contributed by atoms with van der Waals surface area (Å²) in [6, 6.07) is 4.46. The van der Waals surface area contributed by atoms with Gasteiger partial charge < -0.3 is 4.74 Å². The summed E-state index contributed by atoms with van der Waals surface area (Å²) in [7, 11) is 2.12. The molecule has 0 radical (unpaired) electrons. The SMILES string of the molecule is CCO[C@@H](C)c1nc(CN(C)[C@H](C)c2ccncc2)cs1. The Morgan fingerprint density at radius 1 is 1.29 bits per heavy atom. The first-order valence-corrected chi connectivity index (χ1v) is 8.15. The smallest absolute Gasteiger partial charge is 0.122 e. The molecule has 0 saturated heterocycles. The van der Waals surface area contributed by atoms with Crippen molar-refractivity contribution in [1.82, 2.24) is 14.9 Å². The first kappa shape index (κ1) is 16.1. The quantitative estimate of drug-likeness (QED) is 0.779. The number of hydrogen-bond donors (Lipinski definition) is 0. The van der Waals surface area contributed by atoms with E-state index in [9.17, 15) is 0 Å². The predicted octanol–water partition coefficient (Wildman–Crippen LogP) is 3.83. The van der Waals surface area contributed by atoms with Gasteiger partial charge in [0.2, 0.25) is 0 Å². The molecule has 2 atom stereocenters. The molecule has 21 heavy (non-hydrogen) atoms. The number of nitrogens with zero attached hydrogens (tertiary/aromatic N) is 3. The maximum Gasteiger partial charge on any atom is 0.122 e. The molecule has 0 spiro atoms. The Hall–Kier alpha value is -1.30. The van der Waals surface area contributed by atoms with Crippen molar-refractivity contribution in [2.45, 2.75) is 39.5 Å². The second-order valence-corrected chi connectivity index (χ2v) is 6.04. The normalized spacial score (nSPS) is 14.3. The third-order valence-corrected chi connectivity index (χ3v) is 4.65. The Morgan fingerprint density at radius 2 is 2.00 bits per heavy atom. The van der Waals surface area contributed by atoms with Crippen LogP contribution in [0.25, 0.3) is 0 Å². The highest BCUT2D eigenvalue weighted by atomic mass is 32.1. The van der Waals surface area contributed by atoms with Crippen molar-refractivity contribution in [2.24, 2.45) is 0 Å². The number of hydrogen-bond acceptors (Lipinski definition) is 5. The topological polar surface area (TPSA) is 38.2 Å². The number of ether oxygens (including phenoxy) is 1. The van der Waals surface area contributed by atoms with Gasteiger partial charge in [0.25, 0.3) is 0 Å². The fraction of sp³-hybridized carbons (Fsp3) is 0.500. The van der Waals surface area contributed by atoms with Crippen LogP contribution in [0.5, 0.6) is 0 Å². The molecule has 0 aliphatic heterocycles. The molecule has 0 N–H and O–H groups in total. The Balaban J connectivity index is 1.98. The summed E-state index contributed by atoms with van der Waals surface area (Å²) in [6.45, 7) is 7.81. The Morgan fingerprint density at radius 3 is 2.67 bits per heavy atom. The lowest BCUT2D eigenvalue weighted by Crippen LogP contribution is -2.22. The third kappa shape index (κ3) is 4.33. The minimum absolute atomic E-state index is 0.0803. The van der Waals surface area contributed by atoms with Crippen LogP contribution in [0.4, 0.5) is 0 Å². The maximum atomic E-state index is 5.59.